The molecule has 0 radical (unpaired) electrons. The lowest BCUT2D eigenvalue weighted by Gasteiger charge is -2.22. The van der Waals surface area contributed by atoms with E-state index in [0.29, 0.717) is 25.3 Å². The fraction of sp³-hybridized carbons (Fsp3) is 0.556. The number of benzene rings is 1. The van der Waals surface area contributed by atoms with Gasteiger partial charge in [0.25, 0.3) is 5.91 Å². The monoisotopic (exact) mass is 335 g/mol. The van der Waals surface area contributed by atoms with Gasteiger partial charge in [0.15, 0.2) is 0 Å². The number of hydrogen-bond donors (Lipinski definition) is 3. The lowest BCUT2D eigenvalue weighted by Crippen LogP contribution is -2.50. The second-order valence-electron chi connectivity index (χ2n) is 6.10. The van der Waals surface area contributed by atoms with Crippen LogP contribution in [0, 0.1) is 12.8 Å². The summed E-state index contributed by atoms with van der Waals surface area (Å²) in [5.41, 5.74) is 1.64. The van der Waals surface area contributed by atoms with Crippen molar-refractivity contribution in [2.24, 2.45) is 5.92 Å². The number of hydrogen-bond acceptors (Lipinski definition) is 4. The highest BCUT2D eigenvalue weighted by molar-refractivity contribution is 5.97. The SMILES string of the molecule is COCCNCCNC(=O)C(NC(=O)c1ccc(C)cc1)C(C)C. The molecule has 1 unspecified atom stereocenters. The summed E-state index contributed by atoms with van der Waals surface area (Å²) in [6.45, 7) is 8.33. The summed E-state index contributed by atoms with van der Waals surface area (Å²) in [7, 11) is 1.65. The molecule has 0 aliphatic heterocycles. The number of carbonyl (C=O) groups is 2. The number of carbonyl (C=O) groups excluding carboxylic acids is 2. The van der Waals surface area contributed by atoms with Crippen LogP contribution in [0.1, 0.15) is 29.8 Å². The van der Waals surface area contributed by atoms with Crippen LogP contribution in [0.5, 0.6) is 0 Å². The second kappa shape index (κ2) is 10.8. The Hall–Kier alpha value is -1.92. The predicted octanol–water partition coefficient (Wildman–Crippen LogP) is 1.10. The highest BCUT2D eigenvalue weighted by Gasteiger charge is 2.24. The standard InChI is InChI=1S/C18H29N3O3/c1-13(2)16(18(23)20-10-9-19-11-12-24-4)21-17(22)15-7-5-14(3)6-8-15/h5-8,13,16,19H,9-12H2,1-4H3,(H,20,23)(H,21,22). The average molecular weight is 335 g/mol. The highest BCUT2D eigenvalue weighted by atomic mass is 16.5. The first-order chi connectivity index (χ1) is 11.5. The minimum atomic E-state index is -0.558. The molecule has 6 heteroatoms. The van der Waals surface area contributed by atoms with E-state index in [9.17, 15) is 9.59 Å². The van der Waals surface area contributed by atoms with Gasteiger partial charge in [-0.05, 0) is 25.0 Å². The number of rotatable bonds is 10. The van der Waals surface area contributed by atoms with Gasteiger partial charge in [0.2, 0.25) is 5.91 Å². The first kappa shape index (κ1) is 20.1. The third kappa shape index (κ3) is 7.10. The zero-order valence-electron chi connectivity index (χ0n) is 15.0. The fourth-order valence-electron chi connectivity index (χ4n) is 2.15. The third-order valence-corrected chi connectivity index (χ3v) is 3.63. The Bertz CT molecular complexity index is 515. The quantitative estimate of drug-likeness (QED) is 0.560. The van der Waals surface area contributed by atoms with Gasteiger partial charge in [-0.15, -0.1) is 0 Å². The molecular formula is C18H29N3O3. The summed E-state index contributed by atoms with van der Waals surface area (Å²) >= 11 is 0. The van der Waals surface area contributed by atoms with E-state index in [1.807, 2.05) is 32.9 Å². The molecule has 1 aromatic rings. The number of nitrogens with one attached hydrogen (secondary N) is 3. The Morgan fingerprint density at radius 1 is 1.08 bits per heavy atom. The average Bonchev–Trinajstić information content (AvgIpc) is 2.55. The number of methoxy groups -OCH3 is 1. The van der Waals surface area contributed by atoms with Crippen LogP contribution in [-0.2, 0) is 9.53 Å². The van der Waals surface area contributed by atoms with E-state index in [-0.39, 0.29) is 17.7 Å². The van der Waals surface area contributed by atoms with Crippen molar-refractivity contribution in [3.63, 3.8) is 0 Å². The molecule has 0 saturated heterocycles. The molecule has 3 N–H and O–H groups in total. The molecular weight excluding hydrogens is 306 g/mol. The Morgan fingerprint density at radius 3 is 2.33 bits per heavy atom. The van der Waals surface area contributed by atoms with Crippen LogP contribution in [0.15, 0.2) is 24.3 Å². The van der Waals surface area contributed by atoms with Crippen LogP contribution < -0.4 is 16.0 Å². The van der Waals surface area contributed by atoms with E-state index >= 15 is 0 Å². The summed E-state index contributed by atoms with van der Waals surface area (Å²) in [4.78, 5) is 24.6. The molecule has 0 bridgehead atoms. The maximum Gasteiger partial charge on any atom is 0.251 e. The van der Waals surface area contributed by atoms with Crippen LogP contribution in [0.3, 0.4) is 0 Å². The van der Waals surface area contributed by atoms with Gasteiger partial charge >= 0.3 is 0 Å². The molecule has 1 aromatic carbocycles. The summed E-state index contributed by atoms with van der Waals surface area (Å²) in [5.74, 6) is -0.401. The van der Waals surface area contributed by atoms with Crippen LogP contribution in [0.25, 0.3) is 0 Å². The first-order valence-electron chi connectivity index (χ1n) is 8.30. The van der Waals surface area contributed by atoms with Crippen molar-refractivity contribution in [2.45, 2.75) is 26.8 Å². The molecule has 0 saturated carbocycles. The highest BCUT2D eigenvalue weighted by Crippen LogP contribution is 2.06. The molecule has 1 rings (SSSR count). The van der Waals surface area contributed by atoms with Gasteiger partial charge in [0.1, 0.15) is 6.04 Å². The normalized spacial score (nSPS) is 12.0. The minimum Gasteiger partial charge on any atom is -0.383 e. The second-order valence-corrected chi connectivity index (χ2v) is 6.10. The van der Waals surface area contributed by atoms with Gasteiger partial charge in [-0.3, -0.25) is 9.59 Å². The smallest absolute Gasteiger partial charge is 0.251 e. The summed E-state index contributed by atoms with van der Waals surface area (Å²) in [5, 5.41) is 8.83. The van der Waals surface area contributed by atoms with Gasteiger partial charge in [-0.2, -0.15) is 0 Å². The van der Waals surface area contributed by atoms with Crippen molar-refractivity contribution < 1.29 is 14.3 Å². The zero-order valence-corrected chi connectivity index (χ0v) is 15.0. The van der Waals surface area contributed by atoms with Crippen molar-refractivity contribution in [2.75, 3.05) is 33.4 Å². The topological polar surface area (TPSA) is 79.5 Å². The molecule has 0 aliphatic rings. The predicted molar refractivity (Wildman–Crippen MR) is 95.0 cm³/mol. The summed E-state index contributed by atoms with van der Waals surface area (Å²) in [6, 6.07) is 6.73. The van der Waals surface area contributed by atoms with Gasteiger partial charge in [0.05, 0.1) is 6.61 Å². The Balaban J connectivity index is 2.49. The molecule has 0 aliphatic carbocycles. The Labute approximate surface area is 144 Å². The molecule has 2 amide bonds. The largest absolute Gasteiger partial charge is 0.383 e. The van der Waals surface area contributed by atoms with Crippen LogP contribution in [0.4, 0.5) is 0 Å². The number of aryl methyl sites for hydroxylation is 1. The lowest BCUT2D eigenvalue weighted by molar-refractivity contribution is -0.123. The Morgan fingerprint density at radius 2 is 1.75 bits per heavy atom. The van der Waals surface area contributed by atoms with Crippen LogP contribution >= 0.6 is 0 Å². The van der Waals surface area contributed by atoms with Crippen LogP contribution in [0.2, 0.25) is 0 Å². The number of amides is 2. The van der Waals surface area contributed by atoms with E-state index in [2.05, 4.69) is 16.0 Å². The first-order valence-corrected chi connectivity index (χ1v) is 8.30. The third-order valence-electron chi connectivity index (χ3n) is 3.63. The van der Waals surface area contributed by atoms with Crippen molar-refractivity contribution >= 4 is 11.8 Å². The molecule has 134 valence electrons. The summed E-state index contributed by atoms with van der Waals surface area (Å²) < 4.78 is 4.93. The van der Waals surface area contributed by atoms with E-state index in [0.717, 1.165) is 12.1 Å². The zero-order chi connectivity index (χ0) is 17.9. The van der Waals surface area contributed by atoms with Crippen molar-refractivity contribution in [1.29, 1.82) is 0 Å². The van der Waals surface area contributed by atoms with Crippen LogP contribution in [-0.4, -0.2) is 51.2 Å². The van der Waals surface area contributed by atoms with E-state index in [1.54, 1.807) is 19.2 Å². The molecule has 1 atom stereocenters. The van der Waals surface area contributed by atoms with E-state index in [1.165, 1.54) is 0 Å². The molecule has 0 heterocycles. The lowest BCUT2D eigenvalue weighted by atomic mass is 10.0. The fourth-order valence-corrected chi connectivity index (χ4v) is 2.15. The van der Waals surface area contributed by atoms with Gasteiger partial charge in [0, 0.05) is 32.3 Å². The van der Waals surface area contributed by atoms with Crippen molar-refractivity contribution in [3.8, 4) is 0 Å². The van der Waals surface area contributed by atoms with Gasteiger partial charge < -0.3 is 20.7 Å². The Kier molecular flexibility index (Phi) is 9.04. The maximum atomic E-state index is 12.3. The molecule has 0 fully saturated rings. The molecule has 0 aromatic heterocycles. The van der Waals surface area contributed by atoms with Crippen molar-refractivity contribution in [1.82, 2.24) is 16.0 Å². The molecule has 0 spiro atoms. The maximum absolute atomic E-state index is 12.3. The van der Waals surface area contributed by atoms with E-state index < -0.39 is 6.04 Å². The van der Waals surface area contributed by atoms with E-state index in [4.69, 9.17) is 4.74 Å². The number of ether oxygens (including phenoxy) is 1. The van der Waals surface area contributed by atoms with Gasteiger partial charge in [-0.1, -0.05) is 31.5 Å². The van der Waals surface area contributed by atoms with Gasteiger partial charge in [-0.25, -0.2) is 0 Å². The van der Waals surface area contributed by atoms with Crippen molar-refractivity contribution in [3.05, 3.63) is 35.4 Å². The molecule has 24 heavy (non-hydrogen) atoms. The summed E-state index contributed by atoms with van der Waals surface area (Å²) in [6.07, 6.45) is 0. The molecule has 6 nitrogen and oxygen atoms in total. The minimum absolute atomic E-state index is 0.000786.